The van der Waals surface area contributed by atoms with Gasteiger partial charge >= 0.3 is 0 Å². The number of anilines is 1. The topological polar surface area (TPSA) is 58.6 Å². The molecule has 0 aliphatic carbocycles. The lowest BCUT2D eigenvalue weighted by atomic mass is 10.1. The summed E-state index contributed by atoms with van der Waals surface area (Å²) in [7, 11) is 0. The quantitative estimate of drug-likeness (QED) is 0.814. The van der Waals surface area contributed by atoms with Gasteiger partial charge in [-0.25, -0.2) is 4.39 Å². The fourth-order valence-corrected chi connectivity index (χ4v) is 3.12. The zero-order valence-electron chi connectivity index (χ0n) is 15.3. The van der Waals surface area contributed by atoms with Crippen molar-refractivity contribution < 1.29 is 18.7 Å². The summed E-state index contributed by atoms with van der Waals surface area (Å²) in [6, 6.07) is 13.4. The molecule has 2 aromatic carbocycles. The highest BCUT2D eigenvalue weighted by Crippen LogP contribution is 2.22. The van der Waals surface area contributed by atoms with E-state index in [0.29, 0.717) is 31.8 Å². The number of nitrogens with zero attached hydrogens (tertiary/aromatic N) is 1. The van der Waals surface area contributed by atoms with Crippen molar-refractivity contribution in [2.75, 3.05) is 25.0 Å². The Morgan fingerprint density at radius 1 is 1.19 bits per heavy atom. The fraction of sp³-hybridized carbons (Fsp3) is 0.333. The van der Waals surface area contributed by atoms with Crippen LogP contribution in [0.5, 0.6) is 5.75 Å². The third kappa shape index (κ3) is 5.06. The molecule has 1 unspecified atom stereocenters. The summed E-state index contributed by atoms with van der Waals surface area (Å²) in [5.74, 6) is -0.0708. The number of hydrogen-bond acceptors (Lipinski definition) is 3. The molecule has 0 aromatic heterocycles. The van der Waals surface area contributed by atoms with Crippen molar-refractivity contribution in [2.45, 2.75) is 19.8 Å². The van der Waals surface area contributed by atoms with E-state index in [2.05, 4.69) is 5.32 Å². The number of likely N-dealkylation sites (tertiary alicyclic amines) is 1. The number of hydrogen-bond donors (Lipinski definition) is 1. The molecule has 1 fully saturated rings. The van der Waals surface area contributed by atoms with Crippen LogP contribution in [0.15, 0.2) is 48.5 Å². The average molecular weight is 370 g/mol. The van der Waals surface area contributed by atoms with Crippen molar-refractivity contribution in [3.05, 3.63) is 59.9 Å². The summed E-state index contributed by atoms with van der Waals surface area (Å²) in [5.41, 5.74) is 1.65. The van der Waals surface area contributed by atoms with Crippen LogP contribution in [0.1, 0.15) is 18.9 Å². The van der Waals surface area contributed by atoms with Crippen LogP contribution in [-0.2, 0) is 16.0 Å². The number of ether oxygens (including phenoxy) is 1. The largest absolute Gasteiger partial charge is 0.494 e. The molecule has 0 bridgehead atoms. The summed E-state index contributed by atoms with van der Waals surface area (Å²) < 4.78 is 18.3. The molecule has 1 atom stereocenters. The van der Waals surface area contributed by atoms with Gasteiger partial charge in [-0.2, -0.15) is 0 Å². The van der Waals surface area contributed by atoms with Gasteiger partial charge in [-0.15, -0.1) is 0 Å². The number of benzene rings is 2. The maximum atomic E-state index is 13.0. The maximum Gasteiger partial charge on any atom is 0.229 e. The number of halogens is 1. The van der Waals surface area contributed by atoms with Crippen molar-refractivity contribution in [3.8, 4) is 5.75 Å². The second-order valence-electron chi connectivity index (χ2n) is 6.56. The maximum absolute atomic E-state index is 13.0. The number of carbonyl (C=O) groups excluding carboxylic acids is 2. The number of carbonyl (C=O) groups is 2. The summed E-state index contributed by atoms with van der Waals surface area (Å²) >= 11 is 0. The molecule has 1 N–H and O–H groups in total. The van der Waals surface area contributed by atoms with Gasteiger partial charge in [-0.1, -0.05) is 12.1 Å². The molecule has 0 radical (unpaired) electrons. The third-order valence-corrected chi connectivity index (χ3v) is 4.60. The lowest BCUT2D eigenvalue weighted by Crippen LogP contribution is -2.30. The minimum atomic E-state index is -0.364. The SMILES string of the molecule is CCOc1ccc(NC(=O)C2CC(=O)N(CCc3ccc(F)cc3)C2)cc1. The van der Waals surface area contributed by atoms with Gasteiger partial charge in [0.05, 0.1) is 12.5 Å². The van der Waals surface area contributed by atoms with E-state index < -0.39 is 0 Å². The van der Waals surface area contributed by atoms with Gasteiger partial charge in [0, 0.05) is 25.2 Å². The summed E-state index contributed by atoms with van der Waals surface area (Å²) in [5, 5.41) is 2.86. The third-order valence-electron chi connectivity index (χ3n) is 4.60. The number of nitrogens with one attached hydrogen (secondary N) is 1. The van der Waals surface area contributed by atoms with Crippen molar-refractivity contribution in [1.82, 2.24) is 4.90 Å². The molecule has 2 amide bonds. The number of amides is 2. The Kier molecular flexibility index (Phi) is 6.06. The smallest absolute Gasteiger partial charge is 0.229 e. The van der Waals surface area contributed by atoms with Crippen LogP contribution in [0.4, 0.5) is 10.1 Å². The van der Waals surface area contributed by atoms with Crippen LogP contribution in [0.2, 0.25) is 0 Å². The number of rotatable bonds is 7. The molecule has 2 aromatic rings. The van der Waals surface area contributed by atoms with Gasteiger partial charge in [0.1, 0.15) is 11.6 Å². The monoisotopic (exact) mass is 370 g/mol. The van der Waals surface area contributed by atoms with E-state index in [1.807, 2.05) is 6.92 Å². The van der Waals surface area contributed by atoms with E-state index in [4.69, 9.17) is 4.74 Å². The fourth-order valence-electron chi connectivity index (χ4n) is 3.12. The predicted molar refractivity (Wildman–Crippen MR) is 101 cm³/mol. The summed E-state index contributed by atoms with van der Waals surface area (Å²) in [4.78, 5) is 26.4. The Morgan fingerprint density at radius 2 is 1.89 bits per heavy atom. The highest BCUT2D eigenvalue weighted by atomic mass is 19.1. The molecule has 5 nitrogen and oxygen atoms in total. The van der Waals surface area contributed by atoms with Crippen molar-refractivity contribution in [3.63, 3.8) is 0 Å². The molecule has 3 rings (SSSR count). The summed E-state index contributed by atoms with van der Waals surface area (Å²) in [6.45, 7) is 3.43. The van der Waals surface area contributed by atoms with Crippen molar-refractivity contribution in [2.24, 2.45) is 5.92 Å². The first-order valence-corrected chi connectivity index (χ1v) is 9.11. The van der Waals surface area contributed by atoms with E-state index in [9.17, 15) is 14.0 Å². The summed E-state index contributed by atoms with van der Waals surface area (Å²) in [6.07, 6.45) is 0.853. The van der Waals surface area contributed by atoms with Gasteiger partial charge in [0.25, 0.3) is 0 Å². The van der Waals surface area contributed by atoms with Crippen molar-refractivity contribution in [1.29, 1.82) is 0 Å². The van der Waals surface area contributed by atoms with Crippen LogP contribution in [0, 0.1) is 11.7 Å². The molecule has 0 spiro atoms. The second-order valence-corrected chi connectivity index (χ2v) is 6.56. The molecule has 142 valence electrons. The van der Waals surface area contributed by atoms with Gasteiger partial charge in [0.15, 0.2) is 0 Å². The van der Waals surface area contributed by atoms with Crippen LogP contribution in [0.25, 0.3) is 0 Å². The minimum Gasteiger partial charge on any atom is -0.494 e. The predicted octanol–water partition coefficient (Wildman–Crippen LogP) is 3.25. The Balaban J connectivity index is 1.51. The molecule has 0 saturated carbocycles. The van der Waals surface area contributed by atoms with Crippen LogP contribution in [-0.4, -0.2) is 36.4 Å². The lowest BCUT2D eigenvalue weighted by molar-refractivity contribution is -0.128. The van der Waals surface area contributed by atoms with Gasteiger partial charge in [-0.3, -0.25) is 9.59 Å². The Bertz CT molecular complexity index is 790. The Labute approximate surface area is 158 Å². The van der Waals surface area contributed by atoms with Crippen molar-refractivity contribution >= 4 is 17.5 Å². The average Bonchev–Trinajstić information content (AvgIpc) is 3.04. The molecule has 6 heteroatoms. The highest BCUT2D eigenvalue weighted by Gasteiger charge is 2.34. The highest BCUT2D eigenvalue weighted by molar-refractivity contribution is 5.97. The molecule has 1 aliphatic heterocycles. The first-order valence-electron chi connectivity index (χ1n) is 9.11. The lowest BCUT2D eigenvalue weighted by Gasteiger charge is -2.16. The second kappa shape index (κ2) is 8.66. The zero-order chi connectivity index (χ0) is 19.2. The van der Waals surface area contributed by atoms with E-state index in [0.717, 1.165) is 11.3 Å². The van der Waals surface area contributed by atoms with Gasteiger partial charge < -0.3 is 15.0 Å². The molecular formula is C21H23FN2O3. The van der Waals surface area contributed by atoms with Crippen LogP contribution < -0.4 is 10.1 Å². The van der Waals surface area contributed by atoms with E-state index in [1.165, 1.54) is 12.1 Å². The van der Waals surface area contributed by atoms with Crippen LogP contribution in [0.3, 0.4) is 0 Å². The molecule has 1 heterocycles. The Hall–Kier alpha value is -2.89. The normalized spacial score (nSPS) is 16.4. The molecular weight excluding hydrogens is 347 g/mol. The van der Waals surface area contributed by atoms with Crippen LogP contribution >= 0.6 is 0 Å². The van der Waals surface area contributed by atoms with E-state index >= 15 is 0 Å². The molecule has 27 heavy (non-hydrogen) atoms. The zero-order valence-corrected chi connectivity index (χ0v) is 15.3. The van der Waals surface area contributed by atoms with Gasteiger partial charge in [0.2, 0.25) is 11.8 Å². The van der Waals surface area contributed by atoms with Gasteiger partial charge in [-0.05, 0) is 55.3 Å². The van der Waals surface area contributed by atoms with E-state index in [-0.39, 0.29) is 30.0 Å². The minimum absolute atomic E-state index is 0.0241. The Morgan fingerprint density at radius 3 is 2.56 bits per heavy atom. The molecule has 1 aliphatic rings. The first kappa shape index (κ1) is 18.9. The standard InChI is InChI=1S/C21H23FN2O3/c1-2-27-19-9-7-18(8-10-19)23-21(26)16-13-20(25)24(14-16)12-11-15-3-5-17(22)6-4-15/h3-10,16H,2,11-14H2,1H3,(H,23,26). The first-order chi connectivity index (χ1) is 13.0. The van der Waals surface area contributed by atoms with E-state index in [1.54, 1.807) is 41.3 Å². The molecule has 1 saturated heterocycles.